The van der Waals surface area contributed by atoms with Gasteiger partial charge in [0.2, 0.25) is 0 Å². The minimum absolute atomic E-state index is 0.0483. The van der Waals surface area contributed by atoms with Crippen LogP contribution < -0.4 is 5.32 Å². The summed E-state index contributed by atoms with van der Waals surface area (Å²) in [5.41, 5.74) is 3.82. The largest absolute Gasteiger partial charge is 0.357 e. The van der Waals surface area contributed by atoms with Crippen molar-refractivity contribution in [2.24, 2.45) is 0 Å². The molecule has 2 N–H and O–H groups in total. The molecule has 1 aromatic carbocycles. The number of para-hydroxylation sites is 1. The molecule has 2 aromatic rings. The van der Waals surface area contributed by atoms with Crippen LogP contribution >= 0.6 is 0 Å². The standard InChI is InChI=1S/C18H24N2O/c1-2-3-4-5-10-17-18-15(11-13(12-21)19-17)14-8-6-7-9-16(14)20-18/h6-9,12-13,17,19-20H,2-5,10-11H2,1H3/t13-,17+/m1/s1. The van der Waals surface area contributed by atoms with Gasteiger partial charge in [0.05, 0.1) is 6.04 Å². The van der Waals surface area contributed by atoms with Gasteiger partial charge < -0.3 is 9.78 Å². The maximum atomic E-state index is 11.3. The lowest BCUT2D eigenvalue weighted by atomic mass is 9.92. The van der Waals surface area contributed by atoms with Crippen molar-refractivity contribution < 1.29 is 4.79 Å². The maximum absolute atomic E-state index is 11.3. The van der Waals surface area contributed by atoms with Crippen LogP contribution in [0.4, 0.5) is 0 Å². The number of aromatic amines is 1. The topological polar surface area (TPSA) is 44.9 Å². The number of aromatic nitrogens is 1. The van der Waals surface area contributed by atoms with Gasteiger partial charge in [0, 0.05) is 22.6 Å². The van der Waals surface area contributed by atoms with Crippen LogP contribution in [0, 0.1) is 0 Å². The van der Waals surface area contributed by atoms with E-state index in [0.29, 0.717) is 0 Å². The fourth-order valence-electron chi connectivity index (χ4n) is 3.45. The Hall–Kier alpha value is -1.61. The molecule has 3 rings (SSSR count). The Kier molecular flexibility index (Phi) is 4.39. The minimum atomic E-state index is -0.0483. The Bertz CT molecular complexity index is 617. The SMILES string of the molecule is CCCCCC[C@@H]1N[C@@H](C=O)Cc2c1[nH]c1ccccc21. The van der Waals surface area contributed by atoms with E-state index >= 15 is 0 Å². The molecule has 1 aliphatic heterocycles. The molecule has 3 nitrogen and oxygen atoms in total. The smallest absolute Gasteiger partial charge is 0.137 e. The van der Waals surface area contributed by atoms with E-state index in [9.17, 15) is 4.79 Å². The number of aldehydes is 1. The maximum Gasteiger partial charge on any atom is 0.137 e. The molecule has 0 spiro atoms. The zero-order valence-corrected chi connectivity index (χ0v) is 12.7. The molecule has 0 amide bonds. The van der Waals surface area contributed by atoms with Crippen LogP contribution in [0.15, 0.2) is 24.3 Å². The third-order valence-corrected chi connectivity index (χ3v) is 4.55. The Balaban J connectivity index is 1.86. The molecule has 0 fully saturated rings. The number of carbonyl (C=O) groups is 1. The summed E-state index contributed by atoms with van der Waals surface area (Å²) in [5, 5.41) is 4.78. The Morgan fingerprint density at radius 3 is 2.90 bits per heavy atom. The number of nitrogens with one attached hydrogen (secondary N) is 2. The first-order valence-electron chi connectivity index (χ1n) is 8.14. The number of hydrogen-bond acceptors (Lipinski definition) is 2. The van der Waals surface area contributed by atoms with E-state index < -0.39 is 0 Å². The van der Waals surface area contributed by atoms with Gasteiger partial charge in [0.1, 0.15) is 6.29 Å². The molecule has 1 aromatic heterocycles. The molecule has 0 unspecified atom stereocenters. The van der Waals surface area contributed by atoms with Gasteiger partial charge in [0.15, 0.2) is 0 Å². The summed E-state index contributed by atoms with van der Waals surface area (Å²) < 4.78 is 0. The van der Waals surface area contributed by atoms with Crippen LogP contribution in [0.5, 0.6) is 0 Å². The Morgan fingerprint density at radius 1 is 1.24 bits per heavy atom. The fourth-order valence-corrected chi connectivity index (χ4v) is 3.45. The van der Waals surface area contributed by atoms with E-state index in [4.69, 9.17) is 0 Å². The number of hydrogen-bond donors (Lipinski definition) is 2. The third-order valence-electron chi connectivity index (χ3n) is 4.55. The normalized spacial score (nSPS) is 21.4. The minimum Gasteiger partial charge on any atom is -0.357 e. The molecule has 21 heavy (non-hydrogen) atoms. The second-order valence-electron chi connectivity index (χ2n) is 6.08. The highest BCUT2D eigenvalue weighted by Gasteiger charge is 2.28. The summed E-state index contributed by atoms with van der Waals surface area (Å²) in [6, 6.07) is 8.65. The molecule has 3 heteroatoms. The lowest BCUT2D eigenvalue weighted by Gasteiger charge is -2.28. The molecule has 0 saturated heterocycles. The Labute approximate surface area is 126 Å². The van der Waals surface area contributed by atoms with Crippen molar-refractivity contribution in [3.63, 3.8) is 0 Å². The van der Waals surface area contributed by atoms with E-state index in [0.717, 1.165) is 19.1 Å². The zero-order valence-electron chi connectivity index (χ0n) is 12.7. The summed E-state index contributed by atoms with van der Waals surface area (Å²) in [5.74, 6) is 0. The molecule has 112 valence electrons. The number of rotatable bonds is 6. The van der Waals surface area contributed by atoms with Crippen LogP contribution in [0.1, 0.15) is 56.3 Å². The third kappa shape index (κ3) is 2.88. The molecule has 1 aliphatic rings. The first-order chi connectivity index (χ1) is 10.3. The second kappa shape index (κ2) is 6.44. The van der Waals surface area contributed by atoms with Crippen LogP contribution in [0.25, 0.3) is 10.9 Å². The van der Waals surface area contributed by atoms with E-state index in [-0.39, 0.29) is 12.1 Å². The summed E-state index contributed by atoms with van der Waals surface area (Å²) in [6.07, 6.45) is 8.00. The number of carbonyl (C=O) groups excluding carboxylic acids is 1. The van der Waals surface area contributed by atoms with E-state index in [1.54, 1.807) is 0 Å². The van der Waals surface area contributed by atoms with Crippen molar-refractivity contribution in [1.29, 1.82) is 0 Å². The monoisotopic (exact) mass is 284 g/mol. The lowest BCUT2D eigenvalue weighted by Crippen LogP contribution is -2.40. The number of fused-ring (bicyclic) bond motifs is 3. The fraction of sp³-hybridized carbons (Fsp3) is 0.500. The van der Waals surface area contributed by atoms with Crippen molar-refractivity contribution >= 4 is 17.2 Å². The first-order valence-corrected chi connectivity index (χ1v) is 8.14. The summed E-state index contributed by atoms with van der Waals surface area (Å²) in [6.45, 7) is 2.23. The van der Waals surface area contributed by atoms with E-state index in [2.05, 4.69) is 41.5 Å². The van der Waals surface area contributed by atoms with Crippen LogP contribution in [0.2, 0.25) is 0 Å². The van der Waals surface area contributed by atoms with Gasteiger partial charge in [0.25, 0.3) is 0 Å². The quantitative estimate of drug-likeness (QED) is 0.624. The van der Waals surface area contributed by atoms with E-state index in [1.165, 1.54) is 47.8 Å². The van der Waals surface area contributed by atoms with Crippen LogP contribution in [-0.4, -0.2) is 17.3 Å². The lowest BCUT2D eigenvalue weighted by molar-refractivity contribution is -0.109. The average molecular weight is 284 g/mol. The van der Waals surface area contributed by atoms with Gasteiger partial charge in [-0.05, 0) is 24.5 Å². The predicted molar refractivity (Wildman–Crippen MR) is 86.5 cm³/mol. The van der Waals surface area contributed by atoms with Crippen molar-refractivity contribution in [3.8, 4) is 0 Å². The first kappa shape index (κ1) is 14.3. The second-order valence-corrected chi connectivity index (χ2v) is 6.08. The Morgan fingerprint density at radius 2 is 2.10 bits per heavy atom. The van der Waals surface area contributed by atoms with Crippen LogP contribution in [-0.2, 0) is 11.2 Å². The average Bonchev–Trinajstić information content (AvgIpc) is 2.90. The van der Waals surface area contributed by atoms with Gasteiger partial charge >= 0.3 is 0 Å². The molecular formula is C18H24N2O. The van der Waals surface area contributed by atoms with Crippen molar-refractivity contribution in [2.45, 2.75) is 57.5 Å². The molecule has 0 aliphatic carbocycles. The summed E-state index contributed by atoms with van der Waals surface area (Å²) >= 11 is 0. The van der Waals surface area contributed by atoms with Gasteiger partial charge in [-0.25, -0.2) is 0 Å². The molecule has 2 atom stereocenters. The number of H-pyrrole nitrogens is 1. The van der Waals surface area contributed by atoms with Crippen LogP contribution in [0.3, 0.4) is 0 Å². The van der Waals surface area contributed by atoms with Crippen molar-refractivity contribution in [2.75, 3.05) is 0 Å². The summed E-state index contributed by atoms with van der Waals surface area (Å²) in [4.78, 5) is 14.9. The van der Waals surface area contributed by atoms with Gasteiger partial charge in [-0.3, -0.25) is 5.32 Å². The molecule has 2 heterocycles. The molecule has 0 saturated carbocycles. The predicted octanol–water partition coefficient (Wildman–Crippen LogP) is 3.89. The highest BCUT2D eigenvalue weighted by Crippen LogP contribution is 2.33. The van der Waals surface area contributed by atoms with E-state index in [1.807, 2.05) is 0 Å². The highest BCUT2D eigenvalue weighted by atomic mass is 16.1. The highest BCUT2D eigenvalue weighted by molar-refractivity contribution is 5.85. The van der Waals surface area contributed by atoms with Gasteiger partial charge in [-0.1, -0.05) is 50.8 Å². The number of unbranched alkanes of at least 4 members (excludes halogenated alkanes) is 3. The van der Waals surface area contributed by atoms with Crippen molar-refractivity contribution in [3.05, 3.63) is 35.5 Å². The van der Waals surface area contributed by atoms with Gasteiger partial charge in [-0.2, -0.15) is 0 Å². The van der Waals surface area contributed by atoms with Gasteiger partial charge in [-0.15, -0.1) is 0 Å². The molecular weight excluding hydrogens is 260 g/mol. The molecule has 0 radical (unpaired) electrons. The summed E-state index contributed by atoms with van der Waals surface area (Å²) in [7, 11) is 0. The van der Waals surface area contributed by atoms with Crippen molar-refractivity contribution in [1.82, 2.24) is 10.3 Å². The number of benzene rings is 1. The molecule has 0 bridgehead atoms. The zero-order chi connectivity index (χ0) is 14.7.